The maximum absolute atomic E-state index is 12.2. The van der Waals surface area contributed by atoms with Gasteiger partial charge in [0.1, 0.15) is 18.5 Å². The molecule has 10 nitrogen and oxygen atoms in total. The quantitative estimate of drug-likeness (QED) is 0.572. The summed E-state index contributed by atoms with van der Waals surface area (Å²) in [7, 11) is 0. The molecule has 3 rings (SSSR count). The number of Topliss-reactive ketones (excluding diaryl/α,β-unsaturated/α-hetero) is 1. The molecule has 2 saturated heterocycles. The average molecular weight is 460 g/mol. The smallest absolute Gasteiger partial charge is 0.414 e. The molecule has 30 heavy (non-hydrogen) atoms. The van der Waals surface area contributed by atoms with E-state index >= 15 is 0 Å². The van der Waals surface area contributed by atoms with Gasteiger partial charge in [-0.15, -0.1) is 0 Å². The molecule has 0 aliphatic carbocycles. The molecule has 2 aliphatic rings. The topological polar surface area (TPSA) is 115 Å². The van der Waals surface area contributed by atoms with Crippen LogP contribution in [0.4, 0.5) is 16.3 Å². The third-order valence-corrected chi connectivity index (χ3v) is 5.40. The number of aromatic nitrogens is 1. The standard InChI is InChI=1S/C18H23Cl2N5O5/c19-17(20)14(27)3-2-13-10-24(18(29)30-13)12-1-4-15(21-9-12)23-6-5-22-25(8-7-23)16(28)11-26/h1,4,9,13,17,22,26H,2-3,5-8,10-11H2/t13-/m0/s1. The largest absolute Gasteiger partial charge is 0.444 e. The van der Waals surface area contributed by atoms with Crippen LogP contribution < -0.4 is 15.2 Å². The second-order valence-corrected chi connectivity index (χ2v) is 7.99. The number of anilines is 2. The fraction of sp³-hybridized carbons (Fsp3) is 0.556. The Balaban J connectivity index is 1.57. The summed E-state index contributed by atoms with van der Waals surface area (Å²) in [6.07, 6.45) is 1.17. The number of carbonyl (C=O) groups excluding carboxylic acids is 3. The lowest BCUT2D eigenvalue weighted by Crippen LogP contribution is -2.45. The Kier molecular flexibility index (Phi) is 7.70. The lowest BCUT2D eigenvalue weighted by molar-refractivity contribution is -0.137. The number of aliphatic hydroxyl groups excluding tert-OH is 1. The molecule has 0 saturated carbocycles. The van der Waals surface area contributed by atoms with Crippen LogP contribution in [-0.2, 0) is 14.3 Å². The molecule has 1 aromatic heterocycles. The van der Waals surface area contributed by atoms with E-state index in [4.69, 9.17) is 33.0 Å². The minimum Gasteiger partial charge on any atom is -0.444 e. The monoisotopic (exact) mass is 459 g/mol. The van der Waals surface area contributed by atoms with Gasteiger partial charge in [-0.1, -0.05) is 23.2 Å². The van der Waals surface area contributed by atoms with E-state index < -0.39 is 23.6 Å². The van der Waals surface area contributed by atoms with Crippen molar-refractivity contribution in [3.05, 3.63) is 18.3 Å². The van der Waals surface area contributed by atoms with Gasteiger partial charge in [-0.25, -0.2) is 15.2 Å². The van der Waals surface area contributed by atoms with Crippen LogP contribution in [0.2, 0.25) is 0 Å². The lowest BCUT2D eigenvalue weighted by Gasteiger charge is -2.22. The predicted molar refractivity (Wildman–Crippen MR) is 111 cm³/mol. The molecule has 3 heterocycles. The van der Waals surface area contributed by atoms with E-state index in [0.29, 0.717) is 50.6 Å². The van der Waals surface area contributed by atoms with E-state index in [1.54, 1.807) is 18.3 Å². The number of amides is 2. The van der Waals surface area contributed by atoms with E-state index in [1.807, 2.05) is 4.90 Å². The highest BCUT2D eigenvalue weighted by Crippen LogP contribution is 2.25. The zero-order valence-corrected chi connectivity index (χ0v) is 17.7. The van der Waals surface area contributed by atoms with E-state index in [1.165, 1.54) is 9.91 Å². The SMILES string of the molecule is O=C(CC[C@H]1CN(c2ccc(N3CCNN(C(=O)CO)CC3)nc2)C(=O)O1)C(Cl)Cl. The highest BCUT2D eigenvalue weighted by atomic mass is 35.5. The second kappa shape index (κ2) is 10.3. The van der Waals surface area contributed by atoms with Gasteiger partial charge in [0.2, 0.25) is 0 Å². The van der Waals surface area contributed by atoms with Crippen LogP contribution in [0.3, 0.4) is 0 Å². The number of ketones is 1. The number of hydrogen-bond acceptors (Lipinski definition) is 8. The molecule has 1 aromatic rings. The molecule has 164 valence electrons. The van der Waals surface area contributed by atoms with Gasteiger partial charge < -0.3 is 14.7 Å². The van der Waals surface area contributed by atoms with Crippen LogP contribution in [0.25, 0.3) is 0 Å². The number of aliphatic hydroxyl groups is 1. The average Bonchev–Trinajstić information content (AvgIpc) is 2.95. The highest BCUT2D eigenvalue weighted by molar-refractivity contribution is 6.53. The van der Waals surface area contributed by atoms with Gasteiger partial charge in [-0.3, -0.25) is 19.5 Å². The first-order chi connectivity index (χ1) is 14.4. The fourth-order valence-corrected chi connectivity index (χ4v) is 3.50. The first-order valence-corrected chi connectivity index (χ1v) is 10.4. The van der Waals surface area contributed by atoms with Crippen molar-refractivity contribution in [3.8, 4) is 0 Å². The van der Waals surface area contributed by atoms with Gasteiger partial charge >= 0.3 is 6.09 Å². The number of nitrogens with zero attached hydrogens (tertiary/aromatic N) is 4. The third-order valence-electron chi connectivity index (χ3n) is 4.91. The number of alkyl halides is 2. The van der Waals surface area contributed by atoms with E-state index in [-0.39, 0.29) is 18.1 Å². The minimum atomic E-state index is -1.07. The van der Waals surface area contributed by atoms with Crippen molar-refractivity contribution >= 4 is 52.5 Å². The number of cyclic esters (lactones) is 1. The van der Waals surface area contributed by atoms with Crippen molar-refractivity contribution in [2.75, 3.05) is 49.1 Å². The van der Waals surface area contributed by atoms with E-state index in [9.17, 15) is 14.4 Å². The number of hydrogen-bond donors (Lipinski definition) is 2. The number of ether oxygens (including phenoxy) is 1. The van der Waals surface area contributed by atoms with Gasteiger partial charge in [0.15, 0.2) is 10.6 Å². The molecule has 0 aromatic carbocycles. The molecule has 2 amide bonds. The molecule has 2 fully saturated rings. The fourth-order valence-electron chi connectivity index (χ4n) is 3.28. The summed E-state index contributed by atoms with van der Waals surface area (Å²) >= 11 is 11.1. The molecular weight excluding hydrogens is 437 g/mol. The molecule has 2 N–H and O–H groups in total. The number of halogens is 2. The molecule has 12 heteroatoms. The van der Waals surface area contributed by atoms with Crippen molar-refractivity contribution in [1.29, 1.82) is 0 Å². The van der Waals surface area contributed by atoms with Crippen LogP contribution in [0.15, 0.2) is 18.3 Å². The number of pyridine rings is 1. The lowest BCUT2D eigenvalue weighted by atomic mass is 10.1. The Morgan fingerprint density at radius 2 is 2.10 bits per heavy atom. The molecule has 0 bridgehead atoms. The first-order valence-electron chi connectivity index (χ1n) is 9.53. The molecular formula is C18H23Cl2N5O5. The van der Waals surface area contributed by atoms with Gasteiger partial charge in [0.25, 0.3) is 5.91 Å². The van der Waals surface area contributed by atoms with Gasteiger partial charge in [0.05, 0.1) is 25.0 Å². The Hall–Kier alpha value is -2.14. The number of hydrazine groups is 1. The Morgan fingerprint density at radius 1 is 1.30 bits per heavy atom. The number of carbonyl (C=O) groups is 3. The molecule has 1 atom stereocenters. The molecule has 0 unspecified atom stereocenters. The van der Waals surface area contributed by atoms with Crippen LogP contribution in [0.1, 0.15) is 12.8 Å². The number of nitrogens with one attached hydrogen (secondary N) is 1. The maximum atomic E-state index is 12.2. The summed E-state index contributed by atoms with van der Waals surface area (Å²) in [6.45, 7) is 1.89. The summed E-state index contributed by atoms with van der Waals surface area (Å²) in [5, 5.41) is 10.4. The van der Waals surface area contributed by atoms with Gasteiger partial charge in [0, 0.05) is 26.1 Å². The Morgan fingerprint density at radius 3 is 2.77 bits per heavy atom. The molecule has 0 radical (unpaired) electrons. The third kappa shape index (κ3) is 5.51. The van der Waals surface area contributed by atoms with Gasteiger partial charge in [-0.2, -0.15) is 0 Å². The van der Waals surface area contributed by atoms with Crippen molar-refractivity contribution in [2.24, 2.45) is 0 Å². The van der Waals surface area contributed by atoms with Crippen LogP contribution >= 0.6 is 23.2 Å². The maximum Gasteiger partial charge on any atom is 0.414 e. The second-order valence-electron chi connectivity index (χ2n) is 6.90. The first kappa shape index (κ1) is 22.5. The van der Waals surface area contributed by atoms with E-state index in [0.717, 1.165) is 0 Å². The van der Waals surface area contributed by atoms with Crippen LogP contribution in [0.5, 0.6) is 0 Å². The van der Waals surface area contributed by atoms with Crippen LogP contribution in [-0.4, -0.2) is 83.2 Å². The van der Waals surface area contributed by atoms with E-state index in [2.05, 4.69) is 10.4 Å². The summed E-state index contributed by atoms with van der Waals surface area (Å²) in [5.41, 5.74) is 3.56. The molecule has 0 spiro atoms. The van der Waals surface area contributed by atoms with Crippen molar-refractivity contribution in [1.82, 2.24) is 15.4 Å². The minimum absolute atomic E-state index is 0.138. The molecule has 2 aliphatic heterocycles. The normalized spacial score (nSPS) is 19.8. The Bertz CT molecular complexity index is 779. The highest BCUT2D eigenvalue weighted by Gasteiger charge is 2.33. The van der Waals surface area contributed by atoms with Crippen molar-refractivity contribution in [3.63, 3.8) is 0 Å². The van der Waals surface area contributed by atoms with Crippen molar-refractivity contribution < 1.29 is 24.2 Å². The number of rotatable bonds is 7. The zero-order valence-electron chi connectivity index (χ0n) is 16.2. The summed E-state index contributed by atoms with van der Waals surface area (Å²) < 4.78 is 5.31. The summed E-state index contributed by atoms with van der Waals surface area (Å²) in [5.74, 6) is 0.0328. The predicted octanol–water partition coefficient (Wildman–Crippen LogP) is 0.705. The Labute approximate surface area is 183 Å². The summed E-state index contributed by atoms with van der Waals surface area (Å²) in [4.78, 5) is 42.2. The van der Waals surface area contributed by atoms with Crippen LogP contribution in [0, 0.1) is 0 Å². The zero-order chi connectivity index (χ0) is 21.7. The van der Waals surface area contributed by atoms with Gasteiger partial charge in [-0.05, 0) is 18.6 Å². The van der Waals surface area contributed by atoms with Crippen molar-refractivity contribution in [2.45, 2.75) is 23.8 Å². The summed E-state index contributed by atoms with van der Waals surface area (Å²) in [6, 6.07) is 3.58.